The molecule has 0 radical (unpaired) electrons. The molecule has 160 valence electrons. The number of carbonyl (C=O) groups excluding carboxylic acids is 2. The fraction of sp³-hybridized carbons (Fsp3) is 0.292. The Balaban J connectivity index is 1.36. The van der Waals surface area contributed by atoms with Gasteiger partial charge in [-0.25, -0.2) is 4.39 Å². The second-order valence-corrected chi connectivity index (χ2v) is 7.59. The molecule has 1 aliphatic heterocycles. The number of fused-ring (bicyclic) bond motifs is 1. The largest absolute Gasteiger partial charge is 0.356 e. The molecular weight excluding hydrogens is 395 g/mol. The van der Waals surface area contributed by atoms with Gasteiger partial charge in [-0.2, -0.15) is 0 Å². The predicted molar refractivity (Wildman–Crippen MR) is 115 cm³/mol. The topological polar surface area (TPSA) is 67.2 Å². The first kappa shape index (κ1) is 20.8. The molecule has 3 aromatic rings. The molecular formula is C24H25FN4O2. The molecule has 1 unspecified atom stereocenters. The summed E-state index contributed by atoms with van der Waals surface area (Å²) in [6, 6.07) is 15.6. The van der Waals surface area contributed by atoms with Gasteiger partial charge in [-0.1, -0.05) is 18.2 Å². The molecule has 0 bridgehead atoms. The first-order valence-corrected chi connectivity index (χ1v) is 10.5. The summed E-state index contributed by atoms with van der Waals surface area (Å²) in [6.07, 6.45) is 4.63. The normalized spacial score (nSPS) is 15.4. The minimum absolute atomic E-state index is 0.0818. The van der Waals surface area contributed by atoms with Crippen LogP contribution in [0.2, 0.25) is 0 Å². The second kappa shape index (κ2) is 9.55. The van der Waals surface area contributed by atoms with Crippen LogP contribution in [0.1, 0.15) is 35.8 Å². The molecule has 3 heterocycles. The molecule has 2 aromatic heterocycles. The van der Waals surface area contributed by atoms with Gasteiger partial charge in [-0.15, -0.1) is 0 Å². The van der Waals surface area contributed by atoms with E-state index in [1.54, 1.807) is 23.2 Å². The molecule has 31 heavy (non-hydrogen) atoms. The molecule has 4 rings (SSSR count). The number of aromatic nitrogens is 2. The van der Waals surface area contributed by atoms with Crippen LogP contribution in [0.25, 0.3) is 0 Å². The standard InChI is InChI=1S/C24H25FN4O2/c25-19-8-6-18(7-9-19)24-21-5-3-15-28(21)16-17-29(24)23(31)11-10-22(30)27-14-12-20-4-1-2-13-26-20/h1-9,13,15,24H,10-12,14,16-17H2,(H,27,30). The fourth-order valence-corrected chi connectivity index (χ4v) is 3.98. The van der Waals surface area contributed by atoms with E-state index >= 15 is 0 Å². The zero-order valence-corrected chi connectivity index (χ0v) is 17.2. The fourth-order valence-electron chi connectivity index (χ4n) is 3.98. The molecule has 0 aliphatic carbocycles. The predicted octanol–water partition coefficient (Wildman–Crippen LogP) is 3.09. The molecule has 0 saturated heterocycles. The van der Waals surface area contributed by atoms with Crippen molar-refractivity contribution >= 4 is 11.8 Å². The van der Waals surface area contributed by atoms with Gasteiger partial charge in [0, 0.05) is 62.7 Å². The molecule has 7 heteroatoms. The molecule has 0 fully saturated rings. The lowest BCUT2D eigenvalue weighted by Gasteiger charge is -2.37. The van der Waals surface area contributed by atoms with Crippen LogP contribution >= 0.6 is 0 Å². The van der Waals surface area contributed by atoms with Gasteiger partial charge < -0.3 is 14.8 Å². The Morgan fingerprint density at radius 3 is 2.65 bits per heavy atom. The van der Waals surface area contributed by atoms with Crippen LogP contribution in [0, 0.1) is 5.82 Å². The van der Waals surface area contributed by atoms with Gasteiger partial charge in [-0.05, 0) is 42.0 Å². The highest BCUT2D eigenvalue weighted by molar-refractivity contribution is 5.84. The molecule has 1 atom stereocenters. The van der Waals surface area contributed by atoms with Crippen molar-refractivity contribution in [3.8, 4) is 0 Å². The van der Waals surface area contributed by atoms with Crippen LogP contribution in [-0.4, -0.2) is 39.4 Å². The number of rotatable bonds is 7. The summed E-state index contributed by atoms with van der Waals surface area (Å²) in [4.78, 5) is 31.3. The number of halogens is 1. The number of carbonyl (C=O) groups is 2. The maximum Gasteiger partial charge on any atom is 0.223 e. The molecule has 1 N–H and O–H groups in total. The van der Waals surface area contributed by atoms with Crippen molar-refractivity contribution in [2.45, 2.75) is 31.8 Å². The van der Waals surface area contributed by atoms with E-state index in [2.05, 4.69) is 14.9 Å². The van der Waals surface area contributed by atoms with Gasteiger partial charge in [0.05, 0.1) is 6.04 Å². The average Bonchev–Trinajstić information content (AvgIpc) is 3.27. The van der Waals surface area contributed by atoms with Gasteiger partial charge in [0.25, 0.3) is 0 Å². The molecule has 1 aromatic carbocycles. The van der Waals surface area contributed by atoms with E-state index < -0.39 is 0 Å². The van der Waals surface area contributed by atoms with Crippen LogP contribution in [-0.2, 0) is 22.6 Å². The monoisotopic (exact) mass is 420 g/mol. The van der Waals surface area contributed by atoms with Gasteiger partial charge >= 0.3 is 0 Å². The van der Waals surface area contributed by atoms with Crippen LogP contribution in [0.4, 0.5) is 4.39 Å². The number of pyridine rings is 1. The number of nitrogens with one attached hydrogen (secondary N) is 1. The minimum atomic E-state index is -0.310. The Morgan fingerprint density at radius 2 is 1.87 bits per heavy atom. The first-order valence-electron chi connectivity index (χ1n) is 10.5. The second-order valence-electron chi connectivity index (χ2n) is 7.59. The van der Waals surface area contributed by atoms with Gasteiger partial charge in [0.2, 0.25) is 11.8 Å². The van der Waals surface area contributed by atoms with Gasteiger partial charge in [0.15, 0.2) is 0 Å². The van der Waals surface area contributed by atoms with E-state index in [9.17, 15) is 14.0 Å². The first-order chi connectivity index (χ1) is 15.1. The number of hydrogen-bond acceptors (Lipinski definition) is 3. The van der Waals surface area contributed by atoms with Gasteiger partial charge in [0.1, 0.15) is 5.82 Å². The Hall–Kier alpha value is -3.48. The van der Waals surface area contributed by atoms with E-state index in [4.69, 9.17) is 0 Å². The van der Waals surface area contributed by atoms with Crippen molar-refractivity contribution in [3.63, 3.8) is 0 Å². The highest BCUT2D eigenvalue weighted by Crippen LogP contribution is 2.33. The molecule has 6 nitrogen and oxygen atoms in total. The third kappa shape index (κ3) is 4.99. The SMILES string of the molecule is O=C(CCC(=O)N1CCn2cccc2C1c1ccc(F)cc1)NCCc1ccccn1. The highest BCUT2D eigenvalue weighted by atomic mass is 19.1. The Kier molecular flexibility index (Phi) is 6.40. The Bertz CT molecular complexity index is 1030. The minimum Gasteiger partial charge on any atom is -0.356 e. The zero-order chi connectivity index (χ0) is 21.6. The van der Waals surface area contributed by atoms with Crippen molar-refractivity contribution in [1.29, 1.82) is 0 Å². The smallest absolute Gasteiger partial charge is 0.223 e. The van der Waals surface area contributed by atoms with Crippen LogP contribution < -0.4 is 5.32 Å². The quantitative estimate of drug-likeness (QED) is 0.639. The lowest BCUT2D eigenvalue weighted by atomic mass is 9.99. The van der Waals surface area contributed by atoms with E-state index in [-0.39, 0.29) is 36.5 Å². The Morgan fingerprint density at radius 1 is 1.03 bits per heavy atom. The van der Waals surface area contributed by atoms with E-state index in [0.29, 0.717) is 26.1 Å². The van der Waals surface area contributed by atoms with Crippen molar-refractivity contribution < 1.29 is 14.0 Å². The van der Waals surface area contributed by atoms with Crippen LogP contribution in [0.5, 0.6) is 0 Å². The zero-order valence-electron chi connectivity index (χ0n) is 17.2. The summed E-state index contributed by atoms with van der Waals surface area (Å²) in [6.45, 7) is 1.73. The maximum atomic E-state index is 13.4. The lowest BCUT2D eigenvalue weighted by molar-refractivity contribution is -0.136. The molecule has 0 saturated carbocycles. The van der Waals surface area contributed by atoms with Crippen molar-refractivity contribution in [1.82, 2.24) is 19.8 Å². The number of hydrogen-bond donors (Lipinski definition) is 1. The number of benzene rings is 1. The van der Waals surface area contributed by atoms with E-state index in [1.165, 1.54) is 12.1 Å². The number of nitrogens with zero attached hydrogens (tertiary/aromatic N) is 3. The molecule has 0 spiro atoms. The summed E-state index contributed by atoms with van der Waals surface area (Å²) in [5.41, 5.74) is 2.76. The molecule has 1 aliphatic rings. The van der Waals surface area contributed by atoms with Crippen molar-refractivity contribution in [3.05, 3.63) is 89.8 Å². The van der Waals surface area contributed by atoms with Crippen LogP contribution in [0.3, 0.4) is 0 Å². The number of amides is 2. The summed E-state index contributed by atoms with van der Waals surface area (Å²) in [5, 5.41) is 2.85. The lowest BCUT2D eigenvalue weighted by Crippen LogP contribution is -2.42. The molecule has 2 amide bonds. The van der Waals surface area contributed by atoms with Gasteiger partial charge in [-0.3, -0.25) is 14.6 Å². The average molecular weight is 420 g/mol. The van der Waals surface area contributed by atoms with E-state index in [1.807, 2.05) is 36.5 Å². The third-order valence-corrected chi connectivity index (χ3v) is 5.54. The summed E-state index contributed by atoms with van der Waals surface area (Å²) in [5.74, 6) is -0.542. The van der Waals surface area contributed by atoms with Crippen molar-refractivity contribution in [2.75, 3.05) is 13.1 Å². The van der Waals surface area contributed by atoms with E-state index in [0.717, 1.165) is 17.0 Å². The summed E-state index contributed by atoms with van der Waals surface area (Å²) in [7, 11) is 0. The summed E-state index contributed by atoms with van der Waals surface area (Å²) >= 11 is 0. The highest BCUT2D eigenvalue weighted by Gasteiger charge is 2.32. The Labute approximate surface area is 180 Å². The van der Waals surface area contributed by atoms with Crippen LogP contribution in [0.15, 0.2) is 67.0 Å². The maximum absolute atomic E-state index is 13.4. The van der Waals surface area contributed by atoms with Crippen molar-refractivity contribution in [2.24, 2.45) is 0 Å². The third-order valence-electron chi connectivity index (χ3n) is 5.54. The summed E-state index contributed by atoms with van der Waals surface area (Å²) < 4.78 is 15.5.